The summed E-state index contributed by atoms with van der Waals surface area (Å²) >= 11 is 0. The number of hydrogen-bond acceptors (Lipinski definition) is 5. The maximum Gasteiger partial charge on any atom is 0.418 e. The van der Waals surface area contributed by atoms with Crippen LogP contribution in [0.25, 0.3) is 22.3 Å². The first kappa shape index (κ1) is 19.5. The smallest absolute Gasteiger partial charge is 0.418 e. The molecule has 0 radical (unpaired) electrons. The molecule has 3 aromatic heterocycles. The third-order valence-corrected chi connectivity index (χ3v) is 4.40. The van der Waals surface area contributed by atoms with Gasteiger partial charge in [-0.2, -0.15) is 13.2 Å². The Kier molecular flexibility index (Phi) is 4.92. The first-order valence-electron chi connectivity index (χ1n) is 8.14. The Bertz CT molecular complexity index is 1030. The van der Waals surface area contributed by atoms with E-state index in [2.05, 4.69) is 25.3 Å². The summed E-state index contributed by atoms with van der Waals surface area (Å²) in [5.74, 6) is -3.78. The number of alkyl halides is 3. The lowest BCUT2D eigenvalue weighted by Gasteiger charge is -2.20. The van der Waals surface area contributed by atoms with Gasteiger partial charge in [0.1, 0.15) is 12.0 Å². The van der Waals surface area contributed by atoms with Crippen molar-refractivity contribution in [2.24, 2.45) is 5.92 Å². The predicted molar refractivity (Wildman–Crippen MR) is 92.0 cm³/mol. The van der Waals surface area contributed by atoms with Gasteiger partial charge in [-0.05, 0) is 19.9 Å². The van der Waals surface area contributed by atoms with Crippen molar-refractivity contribution in [3.8, 4) is 11.3 Å². The molecular weight excluding hydrogens is 382 g/mol. The molecule has 0 fully saturated rings. The van der Waals surface area contributed by atoms with Gasteiger partial charge in [0, 0.05) is 29.4 Å². The zero-order valence-electron chi connectivity index (χ0n) is 14.7. The minimum atomic E-state index is -4.86. The predicted octanol–water partition coefficient (Wildman–Crippen LogP) is 3.70. The van der Waals surface area contributed by atoms with Crippen LogP contribution in [0.5, 0.6) is 0 Å². The summed E-state index contributed by atoms with van der Waals surface area (Å²) < 4.78 is 54.8. The van der Waals surface area contributed by atoms with E-state index in [0.717, 1.165) is 0 Å². The normalized spacial score (nSPS) is 14.1. The first-order valence-corrected chi connectivity index (χ1v) is 8.14. The lowest BCUT2D eigenvalue weighted by molar-refractivity contribution is -0.141. The molecule has 3 N–H and O–H groups in total. The molecule has 148 valence electrons. The number of carboxylic acid groups (broad SMARTS) is 1. The Hall–Kier alpha value is -3.24. The maximum absolute atomic E-state index is 14.3. The van der Waals surface area contributed by atoms with Gasteiger partial charge < -0.3 is 15.4 Å². The number of fused-ring (bicyclic) bond motifs is 1. The first-order chi connectivity index (χ1) is 13.1. The molecule has 0 aromatic carbocycles. The Balaban J connectivity index is 2.15. The second-order valence-electron chi connectivity index (χ2n) is 6.26. The molecule has 0 aliphatic carbocycles. The minimum Gasteiger partial charge on any atom is -0.481 e. The largest absolute Gasteiger partial charge is 0.481 e. The summed E-state index contributed by atoms with van der Waals surface area (Å²) in [5.41, 5.74) is -1.44. The molecule has 2 atom stereocenters. The number of aromatic amines is 1. The molecule has 0 amide bonds. The van der Waals surface area contributed by atoms with E-state index < -0.39 is 47.0 Å². The van der Waals surface area contributed by atoms with Crippen molar-refractivity contribution >= 4 is 22.8 Å². The summed E-state index contributed by atoms with van der Waals surface area (Å²) in [6.07, 6.45) is -1.03. The minimum absolute atomic E-state index is 0.0462. The quantitative estimate of drug-likeness (QED) is 0.567. The standard InChI is InChI=1S/C17H15F4N5O2/c1-7(16(27)28)8(2)25-15-12(18)3-11(17(19,20)21)13(26-15)9-5-23-14-10(9)4-22-6-24-14/h3-8H,1-2H3,(H,25,26)(H,27,28)(H,22,23,24)/t7-,8-/m0/s1. The van der Waals surface area contributed by atoms with Crippen LogP contribution in [-0.2, 0) is 11.0 Å². The van der Waals surface area contributed by atoms with E-state index >= 15 is 0 Å². The fraction of sp³-hybridized carbons (Fsp3) is 0.294. The number of carboxylic acids is 1. The molecule has 0 spiro atoms. The maximum atomic E-state index is 14.3. The molecule has 3 heterocycles. The summed E-state index contributed by atoms with van der Waals surface area (Å²) in [7, 11) is 0. The van der Waals surface area contributed by atoms with E-state index in [1.165, 1.54) is 32.6 Å². The summed E-state index contributed by atoms with van der Waals surface area (Å²) in [5, 5.41) is 11.9. The van der Waals surface area contributed by atoms with Crippen LogP contribution >= 0.6 is 0 Å². The Morgan fingerprint density at radius 1 is 1.32 bits per heavy atom. The van der Waals surface area contributed by atoms with Crippen LogP contribution in [0.1, 0.15) is 19.4 Å². The highest BCUT2D eigenvalue weighted by atomic mass is 19.4. The van der Waals surface area contributed by atoms with Crippen LogP contribution in [0.4, 0.5) is 23.4 Å². The van der Waals surface area contributed by atoms with Gasteiger partial charge in [-0.3, -0.25) is 4.79 Å². The number of carbonyl (C=O) groups is 1. The summed E-state index contributed by atoms with van der Waals surface area (Å²) in [6.45, 7) is 2.86. The van der Waals surface area contributed by atoms with Crippen LogP contribution in [0.15, 0.2) is 24.8 Å². The molecule has 0 aliphatic rings. The van der Waals surface area contributed by atoms with E-state index in [-0.39, 0.29) is 10.9 Å². The van der Waals surface area contributed by atoms with Crippen molar-refractivity contribution in [1.82, 2.24) is 19.9 Å². The molecule has 0 unspecified atom stereocenters. The fourth-order valence-corrected chi connectivity index (χ4v) is 2.62. The van der Waals surface area contributed by atoms with Gasteiger partial charge in [0.15, 0.2) is 11.6 Å². The highest BCUT2D eigenvalue weighted by Gasteiger charge is 2.37. The van der Waals surface area contributed by atoms with E-state index in [1.807, 2.05) is 0 Å². The van der Waals surface area contributed by atoms with Crippen molar-refractivity contribution in [2.45, 2.75) is 26.1 Å². The molecule has 3 aromatic rings. The Morgan fingerprint density at radius 3 is 2.68 bits per heavy atom. The molecule has 3 rings (SSSR count). The van der Waals surface area contributed by atoms with Crippen LogP contribution in [0.2, 0.25) is 0 Å². The summed E-state index contributed by atoms with van der Waals surface area (Å²) in [6, 6.07) is -0.443. The number of aliphatic carboxylic acids is 1. The van der Waals surface area contributed by atoms with E-state index in [4.69, 9.17) is 5.11 Å². The van der Waals surface area contributed by atoms with Crippen molar-refractivity contribution < 1.29 is 27.5 Å². The third kappa shape index (κ3) is 3.59. The highest BCUT2D eigenvalue weighted by Crippen LogP contribution is 2.39. The van der Waals surface area contributed by atoms with Gasteiger partial charge in [-0.1, -0.05) is 0 Å². The second-order valence-corrected chi connectivity index (χ2v) is 6.26. The number of aromatic nitrogens is 4. The number of hydrogen-bond donors (Lipinski definition) is 3. The van der Waals surface area contributed by atoms with Gasteiger partial charge in [0.05, 0.1) is 17.2 Å². The second kappa shape index (κ2) is 7.06. The Morgan fingerprint density at radius 2 is 2.04 bits per heavy atom. The van der Waals surface area contributed by atoms with Crippen molar-refractivity contribution in [3.05, 3.63) is 36.2 Å². The van der Waals surface area contributed by atoms with Crippen LogP contribution < -0.4 is 5.32 Å². The van der Waals surface area contributed by atoms with E-state index in [1.54, 1.807) is 0 Å². The monoisotopic (exact) mass is 397 g/mol. The number of pyridine rings is 1. The van der Waals surface area contributed by atoms with Crippen molar-refractivity contribution in [1.29, 1.82) is 0 Å². The number of nitrogens with zero attached hydrogens (tertiary/aromatic N) is 3. The number of halogens is 4. The van der Waals surface area contributed by atoms with Crippen molar-refractivity contribution in [2.75, 3.05) is 5.32 Å². The number of anilines is 1. The highest BCUT2D eigenvalue weighted by molar-refractivity contribution is 5.93. The molecule has 0 saturated heterocycles. The zero-order chi connectivity index (χ0) is 20.6. The molecular formula is C17H15F4N5O2. The number of rotatable bonds is 5. The fourth-order valence-electron chi connectivity index (χ4n) is 2.62. The van der Waals surface area contributed by atoms with E-state index in [9.17, 15) is 22.4 Å². The SMILES string of the molecule is C[C@H](Nc1nc(-c2c[nH]c3ncncc23)c(C(F)(F)F)cc1F)[C@H](C)C(=O)O. The molecule has 0 bridgehead atoms. The number of H-pyrrole nitrogens is 1. The van der Waals surface area contributed by atoms with Gasteiger partial charge in [-0.25, -0.2) is 19.3 Å². The zero-order valence-corrected chi connectivity index (χ0v) is 14.7. The van der Waals surface area contributed by atoms with Crippen molar-refractivity contribution in [3.63, 3.8) is 0 Å². The molecule has 7 nitrogen and oxygen atoms in total. The molecule has 0 saturated carbocycles. The summed E-state index contributed by atoms with van der Waals surface area (Å²) in [4.78, 5) is 25.4. The third-order valence-electron chi connectivity index (χ3n) is 4.40. The lowest BCUT2D eigenvalue weighted by Crippen LogP contribution is -2.30. The van der Waals surface area contributed by atoms with Gasteiger partial charge in [0.2, 0.25) is 0 Å². The van der Waals surface area contributed by atoms with Gasteiger partial charge in [-0.15, -0.1) is 0 Å². The van der Waals surface area contributed by atoms with Gasteiger partial charge >= 0.3 is 12.1 Å². The van der Waals surface area contributed by atoms with E-state index in [0.29, 0.717) is 11.7 Å². The number of nitrogens with one attached hydrogen (secondary N) is 2. The lowest BCUT2D eigenvalue weighted by atomic mass is 10.0. The average molecular weight is 397 g/mol. The van der Waals surface area contributed by atoms with Crippen LogP contribution in [0, 0.1) is 11.7 Å². The van der Waals surface area contributed by atoms with Gasteiger partial charge in [0.25, 0.3) is 0 Å². The molecule has 28 heavy (non-hydrogen) atoms. The molecule has 11 heteroatoms. The topological polar surface area (TPSA) is 104 Å². The molecule has 0 aliphatic heterocycles. The Labute approximate surface area is 155 Å². The van der Waals surface area contributed by atoms with Crippen LogP contribution in [0.3, 0.4) is 0 Å². The van der Waals surface area contributed by atoms with Crippen LogP contribution in [-0.4, -0.2) is 37.1 Å². The average Bonchev–Trinajstić information content (AvgIpc) is 3.05.